The van der Waals surface area contributed by atoms with Crippen molar-refractivity contribution in [2.45, 2.75) is 13.1 Å². The van der Waals surface area contributed by atoms with E-state index in [1.165, 1.54) is 6.33 Å². The van der Waals surface area contributed by atoms with Gasteiger partial charge in [-0.3, -0.25) is 9.89 Å². The maximum Gasteiger partial charge on any atom is 0.260 e. The number of anilines is 1. The Hall–Kier alpha value is -3.38. The number of nitrogens with zero attached hydrogens (tertiary/aromatic N) is 4. The predicted molar refractivity (Wildman–Crippen MR) is 107 cm³/mol. The van der Waals surface area contributed by atoms with Crippen molar-refractivity contribution in [2.24, 2.45) is 0 Å². The van der Waals surface area contributed by atoms with Crippen LogP contribution in [0.15, 0.2) is 67.1 Å². The van der Waals surface area contributed by atoms with Crippen LogP contribution in [0.5, 0.6) is 0 Å². The molecule has 1 N–H and O–H groups in total. The van der Waals surface area contributed by atoms with Crippen molar-refractivity contribution < 1.29 is 4.79 Å². The molecular weight excluding hydrogens is 374 g/mol. The number of carbonyl (C=O) groups excluding carboxylic acids is 1. The molecule has 0 aliphatic carbocycles. The summed E-state index contributed by atoms with van der Waals surface area (Å²) in [6.45, 7) is 1.23. The molecule has 0 saturated heterocycles. The van der Waals surface area contributed by atoms with E-state index in [2.05, 4.69) is 25.8 Å². The highest BCUT2D eigenvalue weighted by molar-refractivity contribution is 6.34. The summed E-state index contributed by atoms with van der Waals surface area (Å²) in [5, 5.41) is 7.04. The lowest BCUT2D eigenvalue weighted by atomic mass is 10.1. The van der Waals surface area contributed by atoms with Gasteiger partial charge in [0.25, 0.3) is 5.91 Å². The summed E-state index contributed by atoms with van der Waals surface area (Å²) >= 11 is 6.49. The van der Waals surface area contributed by atoms with E-state index in [1.807, 2.05) is 42.6 Å². The number of hydrogen-bond donors (Lipinski definition) is 1. The quantitative estimate of drug-likeness (QED) is 0.560. The fourth-order valence-electron chi connectivity index (χ4n) is 3.59. The largest absolute Gasteiger partial charge is 0.345 e. The molecule has 0 fully saturated rings. The minimum atomic E-state index is -0.129. The second-order valence-corrected chi connectivity index (χ2v) is 7.08. The van der Waals surface area contributed by atoms with Crippen LogP contribution < -0.4 is 4.90 Å². The molecule has 0 atom stereocenters. The maximum absolute atomic E-state index is 13.5. The topological polar surface area (TPSA) is 66.8 Å². The summed E-state index contributed by atoms with van der Waals surface area (Å²) < 4.78 is 2.17. The molecule has 138 valence electrons. The third-order valence-electron chi connectivity index (χ3n) is 5.00. The number of fused-ring (bicyclic) bond motifs is 2. The van der Waals surface area contributed by atoms with Gasteiger partial charge in [-0.05, 0) is 35.9 Å². The molecule has 0 bridgehead atoms. The van der Waals surface area contributed by atoms with Crippen molar-refractivity contribution in [3.8, 4) is 11.4 Å². The van der Waals surface area contributed by atoms with E-state index >= 15 is 0 Å². The lowest BCUT2D eigenvalue weighted by Gasteiger charge is -2.23. The first kappa shape index (κ1) is 16.8. The van der Waals surface area contributed by atoms with Crippen LogP contribution >= 0.6 is 11.6 Å². The van der Waals surface area contributed by atoms with Gasteiger partial charge in [-0.15, -0.1) is 0 Å². The highest BCUT2D eigenvalue weighted by Gasteiger charge is 2.26. The first-order valence-corrected chi connectivity index (χ1v) is 9.27. The SMILES string of the molecule is O=C(c1ccc(-c2ncn[nH]2)cc1Cl)N1Cc2cccn2Cc2ccccc21. The van der Waals surface area contributed by atoms with Gasteiger partial charge in [0.15, 0.2) is 5.82 Å². The van der Waals surface area contributed by atoms with Gasteiger partial charge >= 0.3 is 0 Å². The highest BCUT2D eigenvalue weighted by Crippen LogP contribution is 2.31. The van der Waals surface area contributed by atoms with E-state index in [1.54, 1.807) is 17.0 Å². The molecule has 0 unspecified atom stereocenters. The molecule has 2 aromatic heterocycles. The molecule has 1 amide bonds. The number of nitrogens with one attached hydrogen (secondary N) is 1. The van der Waals surface area contributed by atoms with E-state index in [-0.39, 0.29) is 5.91 Å². The molecule has 7 heteroatoms. The third-order valence-corrected chi connectivity index (χ3v) is 5.31. The minimum absolute atomic E-state index is 0.129. The number of hydrogen-bond acceptors (Lipinski definition) is 3. The van der Waals surface area contributed by atoms with Gasteiger partial charge in [-0.2, -0.15) is 5.10 Å². The van der Waals surface area contributed by atoms with Gasteiger partial charge in [-0.25, -0.2) is 4.98 Å². The van der Waals surface area contributed by atoms with Crippen LogP contribution in [-0.2, 0) is 13.1 Å². The number of aromatic nitrogens is 4. The Balaban J connectivity index is 1.56. The summed E-state index contributed by atoms with van der Waals surface area (Å²) in [4.78, 5) is 19.4. The highest BCUT2D eigenvalue weighted by atomic mass is 35.5. The number of benzene rings is 2. The molecule has 3 heterocycles. The Morgan fingerprint density at radius 2 is 1.96 bits per heavy atom. The Morgan fingerprint density at radius 1 is 1.07 bits per heavy atom. The van der Waals surface area contributed by atoms with E-state index in [0.717, 1.165) is 29.1 Å². The maximum atomic E-state index is 13.5. The lowest BCUT2D eigenvalue weighted by Crippen LogP contribution is -2.30. The number of amides is 1. The Morgan fingerprint density at radius 3 is 2.79 bits per heavy atom. The smallest absolute Gasteiger partial charge is 0.260 e. The zero-order valence-corrected chi connectivity index (χ0v) is 15.6. The van der Waals surface area contributed by atoms with E-state index < -0.39 is 0 Å². The summed E-state index contributed by atoms with van der Waals surface area (Å²) in [6.07, 6.45) is 3.48. The third kappa shape index (κ3) is 2.78. The number of halogens is 1. The zero-order chi connectivity index (χ0) is 19.1. The van der Waals surface area contributed by atoms with Crippen molar-refractivity contribution in [3.63, 3.8) is 0 Å². The van der Waals surface area contributed by atoms with Gasteiger partial charge < -0.3 is 9.47 Å². The second kappa shape index (κ2) is 6.65. The Bertz CT molecular complexity index is 1170. The minimum Gasteiger partial charge on any atom is -0.345 e. The molecule has 4 aromatic rings. The van der Waals surface area contributed by atoms with Crippen LogP contribution in [0.2, 0.25) is 5.02 Å². The van der Waals surface area contributed by atoms with E-state index in [0.29, 0.717) is 23.0 Å². The van der Waals surface area contributed by atoms with Crippen LogP contribution in [0.3, 0.4) is 0 Å². The number of para-hydroxylation sites is 1. The van der Waals surface area contributed by atoms with Crippen molar-refractivity contribution in [3.05, 3.63) is 89.0 Å². The fourth-order valence-corrected chi connectivity index (χ4v) is 3.85. The zero-order valence-electron chi connectivity index (χ0n) is 14.8. The molecule has 0 radical (unpaired) electrons. The number of H-pyrrole nitrogens is 1. The van der Waals surface area contributed by atoms with Gasteiger partial charge in [0, 0.05) is 29.7 Å². The first-order chi connectivity index (χ1) is 13.7. The summed E-state index contributed by atoms with van der Waals surface area (Å²) in [5.74, 6) is 0.482. The van der Waals surface area contributed by atoms with Crippen LogP contribution in [0.25, 0.3) is 11.4 Å². The standard InChI is InChI=1S/C21H16ClN5O/c22-18-10-14(20-23-13-24-25-20)7-8-17(18)21(28)27-12-16-5-3-9-26(16)11-15-4-1-2-6-19(15)27/h1-10,13H,11-12H2,(H,23,24,25). The van der Waals surface area contributed by atoms with Crippen molar-refractivity contribution >= 4 is 23.2 Å². The van der Waals surface area contributed by atoms with Crippen LogP contribution in [0.4, 0.5) is 5.69 Å². The predicted octanol–water partition coefficient (Wildman–Crippen LogP) is 4.14. The molecule has 5 rings (SSSR count). The number of aromatic amines is 1. The molecule has 0 saturated carbocycles. The van der Waals surface area contributed by atoms with Gasteiger partial charge in [0.05, 0.1) is 17.1 Å². The fraction of sp³-hybridized carbons (Fsp3) is 0.0952. The molecule has 1 aliphatic rings. The van der Waals surface area contributed by atoms with E-state index in [9.17, 15) is 4.79 Å². The van der Waals surface area contributed by atoms with Crippen molar-refractivity contribution in [2.75, 3.05) is 4.90 Å². The molecule has 2 aromatic carbocycles. The second-order valence-electron chi connectivity index (χ2n) is 6.68. The molecule has 6 nitrogen and oxygen atoms in total. The first-order valence-electron chi connectivity index (χ1n) is 8.90. The van der Waals surface area contributed by atoms with Gasteiger partial charge in [0.1, 0.15) is 6.33 Å². The van der Waals surface area contributed by atoms with Crippen molar-refractivity contribution in [1.29, 1.82) is 0 Å². The molecule has 1 aliphatic heterocycles. The Labute approximate surface area is 166 Å². The number of rotatable bonds is 2. The molecular formula is C21H16ClN5O. The number of carbonyl (C=O) groups is 1. The van der Waals surface area contributed by atoms with Crippen LogP contribution in [0, 0.1) is 0 Å². The summed E-state index contributed by atoms with van der Waals surface area (Å²) in [5.41, 5.74) is 4.33. The molecule has 0 spiro atoms. The monoisotopic (exact) mass is 389 g/mol. The normalized spacial score (nSPS) is 13.0. The lowest BCUT2D eigenvalue weighted by molar-refractivity contribution is 0.0985. The molecule has 28 heavy (non-hydrogen) atoms. The summed E-state index contributed by atoms with van der Waals surface area (Å²) in [6, 6.07) is 17.3. The van der Waals surface area contributed by atoms with Gasteiger partial charge in [-0.1, -0.05) is 35.9 Å². The van der Waals surface area contributed by atoms with Gasteiger partial charge in [0.2, 0.25) is 0 Å². The average molecular weight is 390 g/mol. The van der Waals surface area contributed by atoms with Crippen LogP contribution in [-0.4, -0.2) is 25.7 Å². The van der Waals surface area contributed by atoms with Crippen molar-refractivity contribution in [1.82, 2.24) is 19.7 Å². The van der Waals surface area contributed by atoms with Crippen LogP contribution in [0.1, 0.15) is 21.6 Å². The average Bonchev–Trinajstić information content (AvgIpc) is 3.36. The van der Waals surface area contributed by atoms with E-state index in [4.69, 9.17) is 11.6 Å². The summed E-state index contributed by atoms with van der Waals surface area (Å²) in [7, 11) is 0. The Kier molecular flexibility index (Phi) is 3.98.